The second-order valence-electron chi connectivity index (χ2n) is 5.10. The van der Waals surface area contributed by atoms with Gasteiger partial charge in [-0.2, -0.15) is 0 Å². The van der Waals surface area contributed by atoms with Crippen molar-refractivity contribution in [3.63, 3.8) is 0 Å². The predicted octanol–water partition coefficient (Wildman–Crippen LogP) is 3.74. The molecule has 3 rings (SSSR count). The summed E-state index contributed by atoms with van der Waals surface area (Å²) in [5.74, 6) is 6.83. The molecule has 0 spiro atoms. The van der Waals surface area contributed by atoms with E-state index in [-0.39, 0.29) is 6.04 Å². The van der Waals surface area contributed by atoms with Crippen molar-refractivity contribution < 1.29 is 4.74 Å². The van der Waals surface area contributed by atoms with Gasteiger partial charge in [-0.3, -0.25) is 11.3 Å². The molecule has 0 radical (unpaired) electrons. The van der Waals surface area contributed by atoms with Crippen LogP contribution in [0.5, 0.6) is 5.75 Å². The maximum atomic E-state index is 5.80. The van der Waals surface area contributed by atoms with E-state index in [4.69, 9.17) is 10.6 Å². The van der Waals surface area contributed by atoms with E-state index in [0.29, 0.717) is 0 Å². The molecule has 1 heterocycles. The number of rotatable bonds is 4. The minimum Gasteiger partial charge on any atom is -0.493 e. The van der Waals surface area contributed by atoms with Crippen LogP contribution in [0.3, 0.4) is 0 Å². The molecule has 3 nitrogen and oxygen atoms in total. The van der Waals surface area contributed by atoms with Crippen LogP contribution in [0.15, 0.2) is 40.9 Å². The van der Waals surface area contributed by atoms with Crippen LogP contribution in [-0.4, -0.2) is 6.61 Å². The zero-order chi connectivity index (χ0) is 14.8. The first kappa shape index (κ1) is 15.3. The van der Waals surface area contributed by atoms with E-state index in [1.807, 2.05) is 12.1 Å². The molecule has 0 fully saturated rings. The van der Waals surface area contributed by atoms with E-state index in [1.54, 1.807) is 0 Å². The van der Waals surface area contributed by atoms with Crippen molar-refractivity contribution in [1.29, 1.82) is 0 Å². The summed E-state index contributed by atoms with van der Waals surface area (Å²) in [5, 5.41) is 0. The van der Waals surface area contributed by atoms with Crippen LogP contribution >= 0.6 is 38.5 Å². The standard InChI is InChI=1S/C16H16BrIN2O/c17-12-7-10-5-6-21-16(10)11(8-12)9-15(20-19)13-3-1-2-4-14(13)18/h1-4,7-8,15,20H,5-6,9,19H2. The van der Waals surface area contributed by atoms with E-state index in [1.165, 1.54) is 20.3 Å². The molecule has 21 heavy (non-hydrogen) atoms. The van der Waals surface area contributed by atoms with Crippen molar-refractivity contribution in [3.05, 3.63) is 61.1 Å². The lowest BCUT2D eigenvalue weighted by molar-refractivity contribution is 0.351. The number of nitrogens with one attached hydrogen (secondary N) is 1. The van der Waals surface area contributed by atoms with Crippen LogP contribution in [0.1, 0.15) is 22.7 Å². The Balaban J connectivity index is 1.94. The Morgan fingerprint density at radius 2 is 2.14 bits per heavy atom. The number of hydrogen-bond donors (Lipinski definition) is 2. The third-order valence-corrected chi connectivity index (χ3v) is 5.17. The van der Waals surface area contributed by atoms with Gasteiger partial charge >= 0.3 is 0 Å². The van der Waals surface area contributed by atoms with Gasteiger partial charge in [0, 0.05) is 14.5 Å². The summed E-state index contributed by atoms with van der Waals surface area (Å²) in [4.78, 5) is 0. The summed E-state index contributed by atoms with van der Waals surface area (Å²) in [6.07, 6.45) is 1.78. The molecule has 2 aromatic carbocycles. The van der Waals surface area contributed by atoms with Crippen LogP contribution in [0.4, 0.5) is 0 Å². The van der Waals surface area contributed by atoms with Crippen molar-refractivity contribution in [2.45, 2.75) is 18.9 Å². The zero-order valence-electron chi connectivity index (χ0n) is 11.4. The lowest BCUT2D eigenvalue weighted by Crippen LogP contribution is -2.30. The maximum absolute atomic E-state index is 5.80. The number of halogens is 2. The Morgan fingerprint density at radius 3 is 2.90 bits per heavy atom. The molecule has 1 atom stereocenters. The second kappa shape index (κ2) is 6.64. The first-order valence-electron chi connectivity index (χ1n) is 6.83. The molecule has 3 N–H and O–H groups in total. The Labute approximate surface area is 146 Å². The monoisotopic (exact) mass is 458 g/mol. The van der Waals surface area contributed by atoms with Crippen LogP contribution in [-0.2, 0) is 12.8 Å². The van der Waals surface area contributed by atoms with Crippen LogP contribution in [0.25, 0.3) is 0 Å². The summed E-state index contributed by atoms with van der Waals surface area (Å²) in [6, 6.07) is 12.6. The van der Waals surface area contributed by atoms with Gasteiger partial charge in [-0.25, -0.2) is 0 Å². The first-order valence-corrected chi connectivity index (χ1v) is 8.71. The van der Waals surface area contributed by atoms with E-state index < -0.39 is 0 Å². The molecular weight excluding hydrogens is 443 g/mol. The third kappa shape index (κ3) is 3.26. The van der Waals surface area contributed by atoms with Crippen LogP contribution < -0.4 is 16.0 Å². The molecule has 0 saturated heterocycles. The normalized spacial score (nSPS) is 14.6. The minimum atomic E-state index is 0.0701. The fourth-order valence-electron chi connectivity index (χ4n) is 2.73. The number of hydrogen-bond acceptors (Lipinski definition) is 3. The lowest BCUT2D eigenvalue weighted by atomic mass is 9.97. The van der Waals surface area contributed by atoms with Gasteiger partial charge in [0.2, 0.25) is 0 Å². The van der Waals surface area contributed by atoms with Gasteiger partial charge in [0.1, 0.15) is 5.75 Å². The van der Waals surface area contributed by atoms with Crippen molar-refractivity contribution in [1.82, 2.24) is 5.43 Å². The molecule has 1 aliphatic heterocycles. The van der Waals surface area contributed by atoms with Crippen molar-refractivity contribution >= 4 is 38.5 Å². The molecule has 0 aromatic heterocycles. The molecule has 5 heteroatoms. The highest BCUT2D eigenvalue weighted by Crippen LogP contribution is 2.35. The van der Waals surface area contributed by atoms with E-state index in [9.17, 15) is 0 Å². The maximum Gasteiger partial charge on any atom is 0.125 e. The lowest BCUT2D eigenvalue weighted by Gasteiger charge is -2.19. The zero-order valence-corrected chi connectivity index (χ0v) is 15.1. The average molecular weight is 459 g/mol. The topological polar surface area (TPSA) is 47.3 Å². The van der Waals surface area contributed by atoms with Gasteiger partial charge < -0.3 is 4.74 Å². The molecule has 110 valence electrons. The number of hydrazine groups is 1. The quantitative estimate of drug-likeness (QED) is 0.417. The SMILES string of the molecule is NNC(Cc1cc(Br)cc2c1OCC2)c1ccccc1I. The molecule has 0 bridgehead atoms. The highest BCUT2D eigenvalue weighted by molar-refractivity contribution is 14.1. The number of nitrogens with two attached hydrogens (primary N) is 1. The summed E-state index contributed by atoms with van der Waals surface area (Å²) >= 11 is 5.94. The first-order chi connectivity index (χ1) is 10.2. The van der Waals surface area contributed by atoms with Gasteiger partial charge in [0.05, 0.1) is 12.6 Å². The van der Waals surface area contributed by atoms with E-state index >= 15 is 0 Å². The second-order valence-corrected chi connectivity index (χ2v) is 7.17. The van der Waals surface area contributed by atoms with Gasteiger partial charge in [-0.15, -0.1) is 0 Å². The highest BCUT2D eigenvalue weighted by Gasteiger charge is 2.21. The van der Waals surface area contributed by atoms with Gasteiger partial charge in [-0.05, 0) is 63.9 Å². The Morgan fingerprint density at radius 1 is 1.33 bits per heavy atom. The third-order valence-electron chi connectivity index (χ3n) is 3.73. The summed E-state index contributed by atoms with van der Waals surface area (Å²) in [7, 11) is 0. The van der Waals surface area contributed by atoms with Crippen molar-refractivity contribution in [3.8, 4) is 5.75 Å². The van der Waals surface area contributed by atoms with E-state index in [0.717, 1.165) is 29.7 Å². The number of fused-ring (bicyclic) bond motifs is 1. The molecule has 1 unspecified atom stereocenters. The largest absolute Gasteiger partial charge is 0.493 e. The van der Waals surface area contributed by atoms with Crippen molar-refractivity contribution in [2.75, 3.05) is 6.61 Å². The van der Waals surface area contributed by atoms with Crippen LogP contribution in [0.2, 0.25) is 0 Å². The van der Waals surface area contributed by atoms with Gasteiger partial charge in [0.25, 0.3) is 0 Å². The Kier molecular flexibility index (Phi) is 4.83. The highest BCUT2D eigenvalue weighted by atomic mass is 127. The molecule has 0 amide bonds. The molecule has 1 aliphatic rings. The van der Waals surface area contributed by atoms with Crippen LogP contribution in [0, 0.1) is 3.57 Å². The fraction of sp³-hybridized carbons (Fsp3) is 0.250. The smallest absolute Gasteiger partial charge is 0.125 e. The fourth-order valence-corrected chi connectivity index (χ4v) is 4.05. The average Bonchev–Trinajstić information content (AvgIpc) is 2.93. The molecular formula is C16H16BrIN2O. The molecule has 0 aliphatic carbocycles. The van der Waals surface area contributed by atoms with Gasteiger partial charge in [-0.1, -0.05) is 34.1 Å². The number of ether oxygens (including phenoxy) is 1. The Bertz CT molecular complexity index is 663. The summed E-state index contributed by atoms with van der Waals surface area (Å²) < 4.78 is 8.12. The number of benzene rings is 2. The van der Waals surface area contributed by atoms with Gasteiger partial charge in [0.15, 0.2) is 0 Å². The minimum absolute atomic E-state index is 0.0701. The predicted molar refractivity (Wildman–Crippen MR) is 96.3 cm³/mol. The molecule has 2 aromatic rings. The summed E-state index contributed by atoms with van der Waals surface area (Å²) in [5.41, 5.74) is 6.63. The Hall–Kier alpha value is -0.630. The van der Waals surface area contributed by atoms with E-state index in [2.05, 4.69) is 68.2 Å². The van der Waals surface area contributed by atoms with Crippen molar-refractivity contribution in [2.24, 2.45) is 5.84 Å². The summed E-state index contributed by atoms with van der Waals surface area (Å²) in [6.45, 7) is 0.766. The molecule has 0 saturated carbocycles.